The van der Waals surface area contributed by atoms with Crippen molar-refractivity contribution in [2.24, 2.45) is 10.7 Å². The Balaban J connectivity index is 1.94. The number of halogens is 4. The van der Waals surface area contributed by atoms with Gasteiger partial charge in [0.2, 0.25) is 0 Å². The zero-order chi connectivity index (χ0) is 22.1. The van der Waals surface area contributed by atoms with Crippen molar-refractivity contribution in [2.75, 3.05) is 17.7 Å². The van der Waals surface area contributed by atoms with Crippen LogP contribution in [0.4, 0.5) is 29.1 Å². The van der Waals surface area contributed by atoms with Crippen molar-refractivity contribution in [2.45, 2.75) is 18.9 Å². The summed E-state index contributed by atoms with van der Waals surface area (Å²) in [4.78, 5) is 23.3. The summed E-state index contributed by atoms with van der Waals surface area (Å²) in [6, 6.07) is 3.03. The number of hydrogen-bond acceptors (Lipinski definition) is 7. The van der Waals surface area contributed by atoms with Crippen molar-refractivity contribution in [3.8, 4) is 0 Å². The van der Waals surface area contributed by atoms with Gasteiger partial charge in [0.1, 0.15) is 29.5 Å². The Labute approximate surface area is 167 Å². The summed E-state index contributed by atoms with van der Waals surface area (Å²) in [6.45, 7) is 0.371. The quantitative estimate of drug-likeness (QED) is 0.633. The molecule has 1 aromatic heterocycles. The van der Waals surface area contributed by atoms with Gasteiger partial charge in [-0.3, -0.25) is 4.79 Å². The molecule has 1 aliphatic rings. The monoisotopic (exact) mass is 424 g/mol. The number of anilines is 2. The Morgan fingerprint density at radius 3 is 2.67 bits per heavy atom. The topological polar surface area (TPSA) is 129 Å². The van der Waals surface area contributed by atoms with Gasteiger partial charge in [0.25, 0.3) is 18.4 Å². The number of benzene rings is 1. The van der Waals surface area contributed by atoms with Crippen LogP contribution in [0.1, 0.15) is 35.1 Å². The van der Waals surface area contributed by atoms with E-state index in [-0.39, 0.29) is 23.0 Å². The highest BCUT2D eigenvalue weighted by molar-refractivity contribution is 6.05. The van der Waals surface area contributed by atoms with Crippen LogP contribution in [0.3, 0.4) is 0 Å². The summed E-state index contributed by atoms with van der Waals surface area (Å²) in [7, 11) is 0. The van der Waals surface area contributed by atoms with Gasteiger partial charge in [-0.1, -0.05) is 0 Å². The average molecular weight is 424 g/mol. The van der Waals surface area contributed by atoms with Crippen LogP contribution in [0.25, 0.3) is 0 Å². The highest BCUT2D eigenvalue weighted by atomic mass is 19.3. The molecule has 0 unspecified atom stereocenters. The number of rotatable bonds is 5. The van der Waals surface area contributed by atoms with E-state index in [9.17, 15) is 22.4 Å². The van der Waals surface area contributed by atoms with Crippen LogP contribution in [0, 0.1) is 5.82 Å². The number of hydrogen-bond donors (Lipinski definition) is 3. The van der Waals surface area contributed by atoms with Crippen LogP contribution in [-0.4, -0.2) is 28.6 Å². The molecular weight excluding hydrogens is 408 g/mol. The number of nitrogens with one attached hydrogen (secondary N) is 1. The van der Waals surface area contributed by atoms with Gasteiger partial charge in [-0.15, -0.1) is 0 Å². The molecular formula is C18H16F4N6O2. The smallest absolute Gasteiger partial charge is 0.288 e. The Hall–Kier alpha value is -3.70. The zero-order valence-electron chi connectivity index (χ0n) is 15.5. The van der Waals surface area contributed by atoms with Crippen molar-refractivity contribution < 1.29 is 27.1 Å². The molecule has 1 aromatic carbocycles. The van der Waals surface area contributed by atoms with Crippen LogP contribution < -0.4 is 16.8 Å². The normalized spacial score (nSPS) is 18.5. The predicted octanol–water partition coefficient (Wildman–Crippen LogP) is 2.80. The number of nitrogens with zero attached hydrogens (tertiary/aromatic N) is 3. The number of allylic oxidation sites excluding steroid dienone is 1. The second-order valence-electron chi connectivity index (χ2n) is 6.34. The molecule has 1 amide bonds. The average Bonchev–Trinajstić information content (AvgIpc) is 2.68. The zero-order valence-corrected chi connectivity index (χ0v) is 15.5. The standard InChI is InChI=1S/C18H16F4N6O2/c1-8-5-18(7-19,28-17(24)30-8)10-4-9(2-3-11(10)20)26-16(29)13-15(23)27-12(6-25-13)14(21)22/h2-6,14H,7H2,1H3,(H2,23,27)(H2,24,28)(H,26,29)/t18-/m1/s1. The van der Waals surface area contributed by atoms with Gasteiger partial charge >= 0.3 is 0 Å². The van der Waals surface area contributed by atoms with Gasteiger partial charge in [0.05, 0.1) is 6.20 Å². The van der Waals surface area contributed by atoms with Crippen molar-refractivity contribution >= 4 is 23.4 Å². The summed E-state index contributed by atoms with van der Waals surface area (Å²) in [5, 5.41) is 2.39. The van der Waals surface area contributed by atoms with Crippen LogP contribution >= 0.6 is 0 Å². The van der Waals surface area contributed by atoms with Gasteiger partial charge in [-0.2, -0.15) is 0 Å². The van der Waals surface area contributed by atoms with Gasteiger partial charge in [-0.05, 0) is 31.2 Å². The first-order valence-corrected chi connectivity index (χ1v) is 8.45. The summed E-state index contributed by atoms with van der Waals surface area (Å²) >= 11 is 0. The minimum Gasteiger partial charge on any atom is -0.431 e. The van der Waals surface area contributed by atoms with E-state index in [2.05, 4.69) is 20.3 Å². The fraction of sp³-hybridized carbons (Fsp3) is 0.222. The molecule has 12 heteroatoms. The summed E-state index contributed by atoms with van der Waals surface area (Å²) in [6.07, 6.45) is -0.922. The fourth-order valence-corrected chi connectivity index (χ4v) is 2.88. The molecule has 1 atom stereocenters. The van der Waals surface area contributed by atoms with E-state index < -0.39 is 47.6 Å². The first-order chi connectivity index (χ1) is 14.1. The number of nitrogen functional groups attached to an aromatic ring is 1. The molecule has 2 heterocycles. The lowest BCUT2D eigenvalue weighted by Crippen LogP contribution is -2.34. The lowest BCUT2D eigenvalue weighted by Gasteiger charge is -2.29. The Bertz CT molecular complexity index is 1040. The molecule has 8 nitrogen and oxygen atoms in total. The van der Waals surface area contributed by atoms with Crippen molar-refractivity contribution in [3.05, 3.63) is 59.0 Å². The Morgan fingerprint density at radius 2 is 2.07 bits per heavy atom. The number of carbonyl (C=O) groups is 1. The van der Waals surface area contributed by atoms with E-state index in [0.717, 1.165) is 18.3 Å². The molecule has 1 aliphatic heterocycles. The van der Waals surface area contributed by atoms with Crippen molar-refractivity contribution in [3.63, 3.8) is 0 Å². The maximum Gasteiger partial charge on any atom is 0.288 e. The molecule has 0 radical (unpaired) electrons. The van der Waals surface area contributed by atoms with Crippen LogP contribution in [0.5, 0.6) is 0 Å². The second kappa shape index (κ2) is 7.97. The van der Waals surface area contributed by atoms with E-state index in [1.54, 1.807) is 0 Å². The maximum absolute atomic E-state index is 14.5. The SMILES string of the molecule is CC1=C[C@@](CF)(c2cc(NC(=O)c3ncc(C(F)F)nc3N)ccc2F)N=C(N)O1. The molecule has 0 bridgehead atoms. The largest absolute Gasteiger partial charge is 0.431 e. The lowest BCUT2D eigenvalue weighted by atomic mass is 9.89. The van der Waals surface area contributed by atoms with Gasteiger partial charge in [0.15, 0.2) is 11.5 Å². The first kappa shape index (κ1) is 21.0. The number of aromatic nitrogens is 2. The third-order valence-electron chi connectivity index (χ3n) is 4.17. The van der Waals surface area contributed by atoms with Gasteiger partial charge < -0.3 is 21.5 Å². The third kappa shape index (κ3) is 4.02. The third-order valence-corrected chi connectivity index (χ3v) is 4.17. The molecule has 2 aromatic rings. The Morgan fingerprint density at radius 1 is 1.33 bits per heavy atom. The highest BCUT2D eigenvalue weighted by Crippen LogP contribution is 2.35. The molecule has 0 aliphatic carbocycles. The number of alkyl halides is 3. The minimum atomic E-state index is -2.91. The maximum atomic E-state index is 14.5. The number of ether oxygens (including phenoxy) is 1. The van der Waals surface area contributed by atoms with Crippen LogP contribution in [0.15, 0.2) is 41.2 Å². The van der Waals surface area contributed by atoms with Crippen LogP contribution in [-0.2, 0) is 10.3 Å². The molecule has 5 N–H and O–H groups in total. The van der Waals surface area contributed by atoms with Crippen LogP contribution in [0.2, 0.25) is 0 Å². The van der Waals surface area contributed by atoms with Gasteiger partial charge in [0, 0.05) is 11.3 Å². The summed E-state index contributed by atoms with van der Waals surface area (Å²) in [5.74, 6) is -1.97. The number of carbonyl (C=O) groups excluding carboxylic acids is 1. The Kier molecular flexibility index (Phi) is 5.58. The molecule has 3 rings (SSSR count). The molecule has 0 spiro atoms. The van der Waals surface area contributed by atoms with Crippen molar-refractivity contribution in [1.82, 2.24) is 9.97 Å². The number of amides is 1. The molecule has 0 fully saturated rings. The molecule has 0 saturated heterocycles. The predicted molar refractivity (Wildman–Crippen MR) is 99.9 cm³/mol. The van der Waals surface area contributed by atoms with E-state index in [1.807, 2.05) is 0 Å². The van der Waals surface area contributed by atoms with E-state index >= 15 is 0 Å². The highest BCUT2D eigenvalue weighted by Gasteiger charge is 2.37. The number of aliphatic imine (C=N–C) groups is 1. The second-order valence-corrected chi connectivity index (χ2v) is 6.34. The number of nitrogens with two attached hydrogens (primary N) is 2. The summed E-state index contributed by atoms with van der Waals surface area (Å²) < 4.78 is 58.8. The molecule has 158 valence electrons. The van der Waals surface area contributed by atoms with E-state index in [4.69, 9.17) is 16.2 Å². The lowest BCUT2D eigenvalue weighted by molar-refractivity contribution is 0.102. The van der Waals surface area contributed by atoms with E-state index in [1.165, 1.54) is 19.1 Å². The number of amidine groups is 1. The molecule has 0 saturated carbocycles. The fourth-order valence-electron chi connectivity index (χ4n) is 2.88. The van der Waals surface area contributed by atoms with Gasteiger partial charge in [-0.25, -0.2) is 32.5 Å². The molecule has 30 heavy (non-hydrogen) atoms. The summed E-state index contributed by atoms with van der Waals surface area (Å²) in [5.41, 5.74) is 8.05. The van der Waals surface area contributed by atoms with Crippen molar-refractivity contribution in [1.29, 1.82) is 0 Å². The van der Waals surface area contributed by atoms with E-state index in [0.29, 0.717) is 0 Å². The first-order valence-electron chi connectivity index (χ1n) is 8.45. The minimum absolute atomic E-state index is 0.0506.